The molecule has 0 amide bonds. The highest BCUT2D eigenvalue weighted by atomic mass is 16.6. The van der Waals surface area contributed by atoms with E-state index >= 15 is 0 Å². The van der Waals surface area contributed by atoms with Crippen LogP contribution in [0.25, 0.3) is 0 Å². The van der Waals surface area contributed by atoms with Crippen LogP contribution in [0.5, 0.6) is 5.75 Å². The van der Waals surface area contributed by atoms with Crippen LogP contribution in [0.15, 0.2) is 48.5 Å². The van der Waals surface area contributed by atoms with Gasteiger partial charge < -0.3 is 14.6 Å². The molecule has 0 spiro atoms. The van der Waals surface area contributed by atoms with Gasteiger partial charge in [0, 0.05) is 19.4 Å². The van der Waals surface area contributed by atoms with Gasteiger partial charge in [0.2, 0.25) is 0 Å². The molecule has 0 bridgehead atoms. The lowest BCUT2D eigenvalue weighted by molar-refractivity contribution is -0.156. The van der Waals surface area contributed by atoms with Crippen molar-refractivity contribution in [3.8, 4) is 5.75 Å². The molecule has 0 aliphatic carbocycles. The first kappa shape index (κ1) is 18.0. The van der Waals surface area contributed by atoms with E-state index in [0.29, 0.717) is 26.1 Å². The molecule has 0 saturated carbocycles. The molecule has 0 saturated heterocycles. The van der Waals surface area contributed by atoms with E-state index in [0.717, 1.165) is 16.7 Å². The average Bonchev–Trinajstić information content (AvgIpc) is 2.58. The molecule has 2 aromatic carbocycles. The van der Waals surface area contributed by atoms with Crippen LogP contribution < -0.4 is 0 Å². The van der Waals surface area contributed by atoms with Crippen molar-refractivity contribution in [3.63, 3.8) is 0 Å². The lowest BCUT2D eigenvalue weighted by Crippen LogP contribution is -2.29. The van der Waals surface area contributed by atoms with Crippen molar-refractivity contribution >= 4 is 5.97 Å². The molecule has 4 nitrogen and oxygen atoms in total. The third kappa shape index (κ3) is 5.10. The molecule has 128 valence electrons. The number of esters is 1. The summed E-state index contributed by atoms with van der Waals surface area (Å²) >= 11 is 0. The van der Waals surface area contributed by atoms with Gasteiger partial charge in [-0.3, -0.25) is 0 Å². The van der Waals surface area contributed by atoms with Crippen molar-refractivity contribution in [2.45, 2.75) is 32.8 Å². The Labute approximate surface area is 143 Å². The Morgan fingerprint density at radius 1 is 1.04 bits per heavy atom. The van der Waals surface area contributed by atoms with Gasteiger partial charge in [-0.25, -0.2) is 4.79 Å². The summed E-state index contributed by atoms with van der Waals surface area (Å²) in [6.07, 6.45) is 0.403. The summed E-state index contributed by atoms with van der Waals surface area (Å²) in [5.41, 5.74) is 2.84. The molecule has 1 unspecified atom stereocenters. The summed E-state index contributed by atoms with van der Waals surface area (Å²) in [5.74, 6) is -0.136. The van der Waals surface area contributed by atoms with Crippen LogP contribution in [0.1, 0.15) is 30.5 Å². The Bertz CT molecular complexity index is 652. The molecule has 0 aliphatic heterocycles. The first-order valence-corrected chi connectivity index (χ1v) is 8.27. The van der Waals surface area contributed by atoms with Crippen molar-refractivity contribution in [1.29, 1.82) is 0 Å². The zero-order valence-electron chi connectivity index (χ0n) is 14.2. The second-order valence-corrected chi connectivity index (χ2v) is 5.53. The Balaban J connectivity index is 2.08. The predicted molar refractivity (Wildman–Crippen MR) is 93.1 cm³/mol. The van der Waals surface area contributed by atoms with Crippen molar-refractivity contribution in [3.05, 3.63) is 65.2 Å². The van der Waals surface area contributed by atoms with E-state index < -0.39 is 6.10 Å². The number of ether oxygens (including phenoxy) is 2. The molecular weight excluding hydrogens is 304 g/mol. The minimum atomic E-state index is -0.644. The first-order valence-electron chi connectivity index (χ1n) is 8.27. The smallest absolute Gasteiger partial charge is 0.335 e. The van der Waals surface area contributed by atoms with Gasteiger partial charge in [-0.15, -0.1) is 0 Å². The summed E-state index contributed by atoms with van der Waals surface area (Å²) in [6, 6.07) is 15.5. The maximum atomic E-state index is 11.9. The second-order valence-electron chi connectivity index (χ2n) is 5.53. The van der Waals surface area contributed by atoms with E-state index in [1.165, 1.54) is 0 Å². The van der Waals surface area contributed by atoms with E-state index in [2.05, 4.69) is 0 Å². The van der Waals surface area contributed by atoms with Crippen molar-refractivity contribution < 1.29 is 19.4 Å². The highest BCUT2D eigenvalue weighted by Crippen LogP contribution is 2.23. The molecule has 2 aromatic rings. The summed E-state index contributed by atoms with van der Waals surface area (Å²) in [5, 5.41) is 10.3. The molecule has 1 atom stereocenters. The van der Waals surface area contributed by atoms with Gasteiger partial charge in [0.25, 0.3) is 0 Å². The fourth-order valence-electron chi connectivity index (χ4n) is 2.56. The van der Waals surface area contributed by atoms with E-state index in [1.807, 2.05) is 49.4 Å². The summed E-state index contributed by atoms with van der Waals surface area (Å²) in [7, 11) is 0. The third-order valence-corrected chi connectivity index (χ3v) is 3.73. The molecule has 4 heteroatoms. The van der Waals surface area contributed by atoms with Gasteiger partial charge >= 0.3 is 5.97 Å². The zero-order valence-corrected chi connectivity index (χ0v) is 14.2. The molecule has 0 heterocycles. The van der Waals surface area contributed by atoms with Crippen molar-refractivity contribution in [2.75, 3.05) is 13.2 Å². The van der Waals surface area contributed by atoms with E-state index in [1.54, 1.807) is 13.0 Å². The van der Waals surface area contributed by atoms with Crippen molar-refractivity contribution in [1.82, 2.24) is 0 Å². The van der Waals surface area contributed by atoms with Crippen LogP contribution in [0, 0.1) is 0 Å². The molecule has 0 aliphatic rings. The Morgan fingerprint density at radius 3 is 2.42 bits per heavy atom. The van der Waals surface area contributed by atoms with E-state index in [9.17, 15) is 9.90 Å². The Kier molecular flexibility index (Phi) is 6.82. The number of hydrogen-bond donors (Lipinski definition) is 1. The molecule has 0 radical (unpaired) electrons. The number of carbonyl (C=O) groups excluding carboxylic acids is 1. The maximum absolute atomic E-state index is 11.9. The topological polar surface area (TPSA) is 55.8 Å². The number of phenolic OH excluding ortho intramolecular Hbond substituents is 1. The largest absolute Gasteiger partial charge is 0.508 e. The summed E-state index contributed by atoms with van der Waals surface area (Å²) in [4.78, 5) is 11.9. The minimum absolute atomic E-state index is 0.232. The number of carbonyl (C=O) groups is 1. The third-order valence-electron chi connectivity index (χ3n) is 3.73. The highest BCUT2D eigenvalue weighted by Gasteiger charge is 2.21. The van der Waals surface area contributed by atoms with Crippen LogP contribution in [0.2, 0.25) is 0 Å². The van der Waals surface area contributed by atoms with Gasteiger partial charge in [-0.2, -0.15) is 0 Å². The fourth-order valence-corrected chi connectivity index (χ4v) is 2.56. The van der Waals surface area contributed by atoms with Crippen LogP contribution in [0.4, 0.5) is 0 Å². The predicted octanol–water partition coefficient (Wildman–Crippen LogP) is 3.49. The number of aromatic hydroxyl groups is 1. The Morgan fingerprint density at radius 2 is 1.79 bits per heavy atom. The molecule has 0 fully saturated rings. The van der Waals surface area contributed by atoms with Crippen molar-refractivity contribution in [2.24, 2.45) is 0 Å². The molecule has 1 N–H and O–H groups in total. The number of benzene rings is 2. The zero-order chi connectivity index (χ0) is 17.4. The van der Waals surface area contributed by atoms with E-state index in [4.69, 9.17) is 9.47 Å². The minimum Gasteiger partial charge on any atom is -0.508 e. The first-order chi connectivity index (χ1) is 11.6. The summed E-state index contributed by atoms with van der Waals surface area (Å²) < 4.78 is 10.5. The SMILES string of the molecule is CCOC(=O)C(Cc1ccc(Cc2ccccc2)c(O)c1)OCC. The second kappa shape index (κ2) is 9.08. The van der Waals surface area contributed by atoms with Gasteiger partial charge in [0.15, 0.2) is 6.10 Å². The van der Waals surface area contributed by atoms with Gasteiger partial charge in [0.05, 0.1) is 6.61 Å². The van der Waals surface area contributed by atoms with Gasteiger partial charge in [-0.1, -0.05) is 42.5 Å². The standard InChI is InChI=1S/C20H24O4/c1-3-23-19(20(22)24-4-2)14-16-10-11-17(18(21)13-16)12-15-8-6-5-7-9-15/h5-11,13,19,21H,3-4,12,14H2,1-2H3. The number of rotatable bonds is 8. The quantitative estimate of drug-likeness (QED) is 0.754. The normalized spacial score (nSPS) is 11.9. The monoisotopic (exact) mass is 328 g/mol. The number of phenols is 1. The Hall–Kier alpha value is -2.33. The van der Waals surface area contributed by atoms with Crippen LogP contribution >= 0.6 is 0 Å². The fraction of sp³-hybridized carbons (Fsp3) is 0.350. The van der Waals surface area contributed by atoms with E-state index in [-0.39, 0.29) is 11.7 Å². The van der Waals surface area contributed by atoms with Gasteiger partial charge in [-0.05, 0) is 36.6 Å². The number of hydrogen-bond acceptors (Lipinski definition) is 4. The molecule has 24 heavy (non-hydrogen) atoms. The molecule has 0 aromatic heterocycles. The lowest BCUT2D eigenvalue weighted by Gasteiger charge is -2.16. The molecular formula is C20H24O4. The lowest BCUT2D eigenvalue weighted by atomic mass is 10.00. The van der Waals surface area contributed by atoms with Crippen LogP contribution in [0.3, 0.4) is 0 Å². The molecule has 2 rings (SSSR count). The average molecular weight is 328 g/mol. The highest BCUT2D eigenvalue weighted by molar-refractivity contribution is 5.75. The van der Waals surface area contributed by atoms with Crippen LogP contribution in [-0.2, 0) is 27.1 Å². The maximum Gasteiger partial charge on any atom is 0.335 e. The summed E-state index contributed by atoms with van der Waals surface area (Å²) in [6.45, 7) is 4.36. The van der Waals surface area contributed by atoms with Crippen LogP contribution in [-0.4, -0.2) is 30.4 Å². The van der Waals surface area contributed by atoms with Gasteiger partial charge in [0.1, 0.15) is 5.75 Å².